The van der Waals surface area contributed by atoms with E-state index < -0.39 is 0 Å². The summed E-state index contributed by atoms with van der Waals surface area (Å²) in [5.74, 6) is 0.256. The minimum absolute atomic E-state index is 0.103. The van der Waals surface area contributed by atoms with Crippen molar-refractivity contribution in [1.82, 2.24) is 20.0 Å². The normalized spacial score (nSPS) is 23.4. The fourth-order valence-corrected chi connectivity index (χ4v) is 4.67. The molecule has 0 aromatic carbocycles. The van der Waals surface area contributed by atoms with Crippen LogP contribution in [0.4, 0.5) is 0 Å². The van der Waals surface area contributed by atoms with E-state index in [9.17, 15) is 4.79 Å². The summed E-state index contributed by atoms with van der Waals surface area (Å²) in [6.07, 6.45) is 9.69. The largest absolute Gasteiger partial charge is 0.381 e. The summed E-state index contributed by atoms with van der Waals surface area (Å²) in [4.78, 5) is 15.0. The number of carbonyl (C=O) groups excluding carboxylic acids is 1. The van der Waals surface area contributed by atoms with Crippen LogP contribution >= 0.6 is 0 Å². The zero-order valence-corrected chi connectivity index (χ0v) is 15.8. The molecule has 1 saturated heterocycles. The number of nitrogens with zero attached hydrogens (tertiary/aromatic N) is 3. The molecule has 144 valence electrons. The molecule has 26 heavy (non-hydrogen) atoms. The highest BCUT2D eigenvalue weighted by Gasteiger charge is 2.25. The van der Waals surface area contributed by atoms with Gasteiger partial charge in [0.15, 0.2) is 0 Å². The molecule has 6 heteroatoms. The summed E-state index contributed by atoms with van der Waals surface area (Å²) in [6.45, 7) is 5.13. The van der Waals surface area contributed by atoms with Crippen LogP contribution in [-0.2, 0) is 29.2 Å². The van der Waals surface area contributed by atoms with Crippen molar-refractivity contribution in [2.45, 2.75) is 77.0 Å². The number of rotatable bonds is 4. The van der Waals surface area contributed by atoms with Gasteiger partial charge in [0, 0.05) is 44.8 Å². The minimum Gasteiger partial charge on any atom is -0.381 e. The van der Waals surface area contributed by atoms with Crippen molar-refractivity contribution in [3.63, 3.8) is 0 Å². The highest BCUT2D eigenvalue weighted by atomic mass is 16.5. The third kappa shape index (κ3) is 4.29. The van der Waals surface area contributed by atoms with Gasteiger partial charge < -0.3 is 10.1 Å². The number of fused-ring (bicyclic) bond motifs is 1. The summed E-state index contributed by atoms with van der Waals surface area (Å²) in [5.41, 5.74) is 2.30. The van der Waals surface area contributed by atoms with E-state index in [-0.39, 0.29) is 11.8 Å². The molecule has 3 heterocycles. The summed E-state index contributed by atoms with van der Waals surface area (Å²) >= 11 is 0. The van der Waals surface area contributed by atoms with Crippen LogP contribution in [0.25, 0.3) is 0 Å². The Morgan fingerprint density at radius 1 is 1.12 bits per heavy atom. The molecule has 1 aromatic rings. The molecule has 6 nitrogen and oxygen atoms in total. The number of aromatic nitrogens is 2. The van der Waals surface area contributed by atoms with Gasteiger partial charge in [-0.15, -0.1) is 0 Å². The first-order valence-corrected chi connectivity index (χ1v) is 10.4. The Morgan fingerprint density at radius 3 is 2.73 bits per heavy atom. The molecule has 2 aliphatic heterocycles. The predicted octanol–water partition coefficient (Wildman–Crippen LogP) is 2.46. The Bertz CT molecular complexity index is 603. The highest BCUT2D eigenvalue weighted by Crippen LogP contribution is 2.26. The first-order chi connectivity index (χ1) is 12.8. The minimum atomic E-state index is 0.103. The molecule has 1 aliphatic carbocycles. The van der Waals surface area contributed by atoms with E-state index in [1.807, 2.05) is 0 Å². The molecule has 3 aliphatic rings. The molecule has 0 unspecified atom stereocenters. The lowest BCUT2D eigenvalue weighted by atomic mass is 9.94. The summed E-state index contributed by atoms with van der Waals surface area (Å²) < 4.78 is 7.50. The molecule has 0 radical (unpaired) electrons. The van der Waals surface area contributed by atoms with Crippen LogP contribution in [0.5, 0.6) is 0 Å². The number of ether oxygens (including phenoxy) is 1. The molecule has 1 amide bonds. The lowest BCUT2D eigenvalue weighted by Gasteiger charge is -2.33. The van der Waals surface area contributed by atoms with E-state index in [4.69, 9.17) is 9.84 Å². The quantitative estimate of drug-likeness (QED) is 0.896. The molecule has 1 saturated carbocycles. The van der Waals surface area contributed by atoms with Gasteiger partial charge in [0.25, 0.3) is 0 Å². The van der Waals surface area contributed by atoms with Crippen molar-refractivity contribution >= 4 is 5.91 Å². The van der Waals surface area contributed by atoms with E-state index in [1.165, 1.54) is 50.8 Å². The maximum atomic E-state index is 12.3. The number of aryl methyl sites for hydroxylation is 1. The molecule has 1 aromatic heterocycles. The SMILES string of the molecule is O=C(NCc1cc2n(n1)CCCN(C1CCCCC1)C2)C1CCOCC1. The highest BCUT2D eigenvalue weighted by molar-refractivity contribution is 5.78. The van der Waals surface area contributed by atoms with E-state index in [1.54, 1.807) is 0 Å². The molecular weight excluding hydrogens is 328 g/mol. The number of carbonyl (C=O) groups is 1. The lowest BCUT2D eigenvalue weighted by Crippen LogP contribution is -2.36. The standard InChI is InChI=1S/C20H32N4O2/c25-20(16-7-11-26-12-8-16)21-14-17-13-19-15-23(9-4-10-24(19)22-17)18-5-2-1-3-6-18/h13,16,18H,1-12,14-15H2,(H,21,25). The second-order valence-corrected chi connectivity index (χ2v) is 8.07. The second kappa shape index (κ2) is 8.53. The van der Waals surface area contributed by atoms with Gasteiger partial charge in [0.1, 0.15) is 0 Å². The number of hydrogen-bond donors (Lipinski definition) is 1. The van der Waals surface area contributed by atoms with Crippen molar-refractivity contribution in [3.8, 4) is 0 Å². The third-order valence-electron chi connectivity index (χ3n) is 6.22. The van der Waals surface area contributed by atoms with Gasteiger partial charge in [-0.05, 0) is 38.2 Å². The van der Waals surface area contributed by atoms with Crippen molar-refractivity contribution < 1.29 is 9.53 Å². The monoisotopic (exact) mass is 360 g/mol. The average Bonchev–Trinajstić information content (AvgIpc) is 2.97. The fourth-order valence-electron chi connectivity index (χ4n) is 4.67. The lowest BCUT2D eigenvalue weighted by molar-refractivity contribution is -0.128. The van der Waals surface area contributed by atoms with Gasteiger partial charge >= 0.3 is 0 Å². The summed E-state index contributed by atoms with van der Waals surface area (Å²) in [5, 5.41) is 7.84. The van der Waals surface area contributed by atoms with Crippen LogP contribution in [0.3, 0.4) is 0 Å². The average molecular weight is 361 g/mol. The smallest absolute Gasteiger partial charge is 0.223 e. The van der Waals surface area contributed by atoms with Crippen molar-refractivity contribution in [1.29, 1.82) is 0 Å². The number of amides is 1. The van der Waals surface area contributed by atoms with E-state index in [0.29, 0.717) is 19.8 Å². The fraction of sp³-hybridized carbons (Fsp3) is 0.800. The van der Waals surface area contributed by atoms with Gasteiger partial charge in [-0.1, -0.05) is 19.3 Å². The van der Waals surface area contributed by atoms with Gasteiger partial charge in [-0.3, -0.25) is 14.4 Å². The Kier molecular flexibility index (Phi) is 5.90. The molecule has 2 fully saturated rings. The van der Waals surface area contributed by atoms with Gasteiger partial charge in [-0.25, -0.2) is 0 Å². The molecule has 0 atom stereocenters. The first-order valence-electron chi connectivity index (χ1n) is 10.4. The Labute approximate surface area is 156 Å². The maximum Gasteiger partial charge on any atom is 0.223 e. The number of nitrogens with one attached hydrogen (secondary N) is 1. The topological polar surface area (TPSA) is 59.4 Å². The van der Waals surface area contributed by atoms with Crippen molar-refractivity contribution in [3.05, 3.63) is 17.5 Å². The maximum absolute atomic E-state index is 12.3. The zero-order valence-electron chi connectivity index (χ0n) is 15.8. The number of hydrogen-bond acceptors (Lipinski definition) is 4. The Morgan fingerprint density at radius 2 is 1.92 bits per heavy atom. The van der Waals surface area contributed by atoms with E-state index in [0.717, 1.165) is 37.7 Å². The summed E-state index contributed by atoms with van der Waals surface area (Å²) in [7, 11) is 0. The molecule has 1 N–H and O–H groups in total. The van der Waals surface area contributed by atoms with Crippen LogP contribution in [0.2, 0.25) is 0 Å². The van der Waals surface area contributed by atoms with Crippen LogP contribution in [0.1, 0.15) is 62.8 Å². The van der Waals surface area contributed by atoms with Crippen LogP contribution in [0.15, 0.2) is 6.07 Å². The van der Waals surface area contributed by atoms with Gasteiger partial charge in [0.05, 0.1) is 17.9 Å². The summed E-state index contributed by atoms with van der Waals surface area (Å²) in [6, 6.07) is 2.95. The van der Waals surface area contributed by atoms with Crippen LogP contribution in [0, 0.1) is 5.92 Å². The molecule has 0 bridgehead atoms. The Balaban J connectivity index is 1.34. The van der Waals surface area contributed by atoms with Crippen molar-refractivity contribution in [2.24, 2.45) is 5.92 Å². The van der Waals surface area contributed by atoms with Crippen LogP contribution < -0.4 is 5.32 Å². The van der Waals surface area contributed by atoms with Crippen molar-refractivity contribution in [2.75, 3.05) is 19.8 Å². The first kappa shape index (κ1) is 18.0. The van der Waals surface area contributed by atoms with E-state index in [2.05, 4.69) is 21.0 Å². The van der Waals surface area contributed by atoms with Gasteiger partial charge in [-0.2, -0.15) is 5.10 Å². The van der Waals surface area contributed by atoms with Gasteiger partial charge in [0.2, 0.25) is 5.91 Å². The predicted molar refractivity (Wildman–Crippen MR) is 99.5 cm³/mol. The molecular formula is C20H32N4O2. The zero-order chi connectivity index (χ0) is 17.8. The Hall–Kier alpha value is -1.40. The third-order valence-corrected chi connectivity index (χ3v) is 6.22. The molecule has 0 spiro atoms. The van der Waals surface area contributed by atoms with Crippen LogP contribution in [-0.4, -0.2) is 46.4 Å². The molecule has 4 rings (SSSR count). The second-order valence-electron chi connectivity index (χ2n) is 8.07. The van der Waals surface area contributed by atoms with E-state index >= 15 is 0 Å².